The lowest BCUT2D eigenvalue weighted by Crippen LogP contribution is -2.31. The molecule has 2 aromatic heterocycles. The summed E-state index contributed by atoms with van der Waals surface area (Å²) < 4.78 is 71.6. The Morgan fingerprint density at radius 1 is 1.18 bits per heavy atom. The highest BCUT2D eigenvalue weighted by molar-refractivity contribution is 7.91. The summed E-state index contributed by atoms with van der Waals surface area (Å²) in [6, 6.07) is 5.65. The Kier molecular flexibility index (Phi) is 7.03. The molecule has 0 bridgehead atoms. The van der Waals surface area contributed by atoms with Crippen LogP contribution in [-0.4, -0.2) is 43.6 Å². The normalized spacial score (nSPS) is 16.2. The lowest BCUT2D eigenvalue weighted by molar-refractivity contribution is -0.142. The first-order valence-electron chi connectivity index (χ1n) is 11.4. The molecule has 1 aliphatic rings. The Labute approximate surface area is 217 Å². The number of methoxy groups -OCH3 is 1. The van der Waals surface area contributed by atoms with Crippen LogP contribution in [0.25, 0.3) is 0 Å². The van der Waals surface area contributed by atoms with Gasteiger partial charge in [-0.25, -0.2) is 19.0 Å². The summed E-state index contributed by atoms with van der Waals surface area (Å²) >= 11 is 0. The van der Waals surface area contributed by atoms with E-state index in [-0.39, 0.29) is 27.8 Å². The summed E-state index contributed by atoms with van der Waals surface area (Å²) in [5.41, 5.74) is -1.80. The van der Waals surface area contributed by atoms with E-state index in [4.69, 9.17) is 14.3 Å². The van der Waals surface area contributed by atoms with Crippen LogP contribution in [0, 0.1) is 11.7 Å². The fraction of sp³-hybridized carbons (Fsp3) is 0.375. The number of hydrogen-bond acceptors (Lipinski definition) is 9. The summed E-state index contributed by atoms with van der Waals surface area (Å²) in [5.74, 6) is -1.77. The number of rotatable bonds is 7. The highest BCUT2D eigenvalue weighted by Gasteiger charge is 2.39. The fourth-order valence-corrected chi connectivity index (χ4v) is 4.72. The maximum Gasteiger partial charge on any atom is 0.435 e. The highest BCUT2D eigenvalue weighted by Crippen LogP contribution is 2.43. The van der Waals surface area contributed by atoms with Crippen LogP contribution in [0.4, 0.5) is 18.9 Å². The van der Waals surface area contributed by atoms with Gasteiger partial charge in [0.1, 0.15) is 5.56 Å². The van der Waals surface area contributed by atoms with Crippen molar-refractivity contribution in [3.8, 4) is 17.6 Å². The van der Waals surface area contributed by atoms with Crippen molar-refractivity contribution in [3.63, 3.8) is 0 Å². The van der Waals surface area contributed by atoms with Crippen LogP contribution < -0.4 is 14.8 Å². The summed E-state index contributed by atoms with van der Waals surface area (Å²) in [6.45, 7) is 3.11. The van der Waals surface area contributed by atoms with Crippen LogP contribution in [0.1, 0.15) is 53.5 Å². The topological polar surface area (TPSA) is 140 Å². The van der Waals surface area contributed by atoms with E-state index in [1.54, 1.807) is 0 Å². The van der Waals surface area contributed by atoms with E-state index in [0.717, 1.165) is 26.2 Å². The third-order valence-electron chi connectivity index (χ3n) is 6.39. The van der Waals surface area contributed by atoms with Gasteiger partial charge in [-0.1, -0.05) is 19.4 Å². The highest BCUT2D eigenvalue weighted by atomic mass is 32.2. The Morgan fingerprint density at radius 2 is 1.89 bits per heavy atom. The second-order valence-electron chi connectivity index (χ2n) is 9.26. The average Bonchev–Trinajstić information content (AvgIpc) is 2.81. The molecule has 14 heteroatoms. The third-order valence-corrected chi connectivity index (χ3v) is 7.55. The number of nitrogens with one attached hydrogen (secondary N) is 2. The number of anilines is 1. The fourth-order valence-electron chi connectivity index (χ4n) is 4.03. The van der Waals surface area contributed by atoms with Gasteiger partial charge in [0.25, 0.3) is 23.5 Å². The molecule has 4 rings (SSSR count). The van der Waals surface area contributed by atoms with Crippen LogP contribution in [0.15, 0.2) is 35.4 Å². The van der Waals surface area contributed by atoms with Gasteiger partial charge >= 0.3 is 6.18 Å². The Hall–Kier alpha value is -3.81. The Morgan fingerprint density at radius 3 is 2.47 bits per heavy atom. The first-order valence-corrected chi connectivity index (χ1v) is 13.4. The van der Waals surface area contributed by atoms with Crippen LogP contribution in [0.3, 0.4) is 0 Å². The predicted octanol–water partition coefficient (Wildman–Crippen LogP) is 5.12. The number of halogens is 3. The minimum absolute atomic E-state index is 0.0258. The molecule has 38 heavy (non-hydrogen) atoms. The zero-order valence-electron chi connectivity index (χ0n) is 21.0. The smallest absolute Gasteiger partial charge is 0.435 e. The number of aromatic nitrogens is 4. The zero-order valence-corrected chi connectivity index (χ0v) is 21.8. The molecule has 1 unspecified atom stereocenters. The van der Waals surface area contributed by atoms with Gasteiger partial charge in [0, 0.05) is 22.3 Å². The molecule has 0 spiro atoms. The first kappa shape index (κ1) is 27.2. The van der Waals surface area contributed by atoms with Gasteiger partial charge in [-0.05, 0) is 43.5 Å². The van der Waals surface area contributed by atoms with Gasteiger partial charge < -0.3 is 14.8 Å². The van der Waals surface area contributed by atoms with Crippen LogP contribution in [-0.2, 0) is 21.3 Å². The van der Waals surface area contributed by atoms with E-state index in [0.29, 0.717) is 5.69 Å². The van der Waals surface area contributed by atoms with E-state index in [2.05, 4.69) is 25.5 Å². The minimum Gasteiger partial charge on any atom is -0.477 e. The molecule has 1 aliphatic carbocycles. The Balaban J connectivity index is 1.75. The van der Waals surface area contributed by atoms with Crippen LogP contribution in [0.5, 0.6) is 17.6 Å². The van der Waals surface area contributed by atoms with Gasteiger partial charge in [-0.3, -0.25) is 4.79 Å². The number of amides is 1. The average molecular weight is 551 g/mol. The summed E-state index contributed by atoms with van der Waals surface area (Å²) in [4.78, 5) is 22.1. The minimum atomic E-state index is -4.89. The Bertz CT molecular complexity index is 1510. The number of hydrogen-bond donors (Lipinski definition) is 2. The molecule has 0 aliphatic heterocycles. The van der Waals surface area contributed by atoms with Crippen molar-refractivity contribution in [3.05, 3.63) is 53.0 Å². The lowest BCUT2D eigenvalue weighted by Gasteiger charge is -2.37. The largest absolute Gasteiger partial charge is 0.477 e. The second kappa shape index (κ2) is 9.82. The number of nitrogens with zero attached hydrogens (tertiary/aromatic N) is 4. The zero-order chi connectivity index (χ0) is 27.9. The van der Waals surface area contributed by atoms with Gasteiger partial charge in [0.2, 0.25) is 0 Å². The van der Waals surface area contributed by atoms with Gasteiger partial charge in [-0.15, -0.1) is 10.2 Å². The van der Waals surface area contributed by atoms with Gasteiger partial charge in [0.15, 0.2) is 5.69 Å². The number of carbonyl (C=O) groups is 1. The molecular weight excluding hydrogens is 525 g/mol. The van der Waals surface area contributed by atoms with Crippen molar-refractivity contribution >= 4 is 21.3 Å². The van der Waals surface area contributed by atoms with Gasteiger partial charge in [-0.2, -0.15) is 13.2 Å². The van der Waals surface area contributed by atoms with Crippen molar-refractivity contribution in [1.29, 1.82) is 4.78 Å². The third kappa shape index (κ3) is 5.39. The van der Waals surface area contributed by atoms with Crippen molar-refractivity contribution in [2.24, 2.45) is 0 Å². The molecule has 10 nitrogen and oxygen atoms in total. The molecule has 1 saturated carbocycles. The number of alkyl halides is 3. The van der Waals surface area contributed by atoms with E-state index >= 15 is 0 Å². The molecule has 3 aromatic rings. The second-order valence-corrected chi connectivity index (χ2v) is 11.4. The maximum absolute atomic E-state index is 13.6. The number of benzene rings is 1. The van der Waals surface area contributed by atoms with Gasteiger partial charge in [0.05, 0.1) is 28.7 Å². The molecule has 1 aromatic carbocycles. The first-order chi connectivity index (χ1) is 17.7. The SMILES string of the molecule is COc1nc(C2(C)CCC2)cnc1Oc1nnc(C(F)(F)F)c(C)c1C(=O)Nc1cccc(S(C)(=N)=O)c1. The number of ether oxygens (including phenoxy) is 2. The van der Waals surface area contributed by atoms with E-state index in [9.17, 15) is 22.2 Å². The van der Waals surface area contributed by atoms with Crippen molar-refractivity contribution < 1.29 is 31.6 Å². The number of carbonyl (C=O) groups excluding carboxylic acids is 1. The lowest BCUT2D eigenvalue weighted by atomic mass is 9.68. The van der Waals surface area contributed by atoms with E-state index in [1.165, 1.54) is 43.8 Å². The quantitative estimate of drug-likeness (QED) is 0.413. The van der Waals surface area contributed by atoms with Crippen LogP contribution >= 0.6 is 0 Å². The monoisotopic (exact) mass is 550 g/mol. The van der Waals surface area contributed by atoms with Crippen molar-refractivity contribution in [2.75, 3.05) is 18.7 Å². The summed E-state index contributed by atoms with van der Waals surface area (Å²) in [5, 5.41) is 9.25. The van der Waals surface area contributed by atoms with E-state index in [1.807, 2.05) is 6.92 Å². The molecule has 2 heterocycles. The molecule has 1 fully saturated rings. The molecule has 0 saturated heterocycles. The van der Waals surface area contributed by atoms with Crippen molar-refractivity contribution in [2.45, 2.75) is 49.6 Å². The molecule has 202 valence electrons. The molecule has 2 N–H and O–H groups in total. The molecular formula is C24H25F3N6O4S. The molecule has 0 radical (unpaired) electrons. The maximum atomic E-state index is 13.6. The summed E-state index contributed by atoms with van der Waals surface area (Å²) in [6.07, 6.45) is 0.715. The van der Waals surface area contributed by atoms with Crippen LogP contribution in [0.2, 0.25) is 0 Å². The van der Waals surface area contributed by atoms with E-state index < -0.39 is 44.5 Å². The van der Waals surface area contributed by atoms with Crippen molar-refractivity contribution in [1.82, 2.24) is 20.2 Å². The predicted molar refractivity (Wildman–Crippen MR) is 131 cm³/mol. The molecule has 1 atom stereocenters. The standard InChI is InChI=1S/C24H25F3N6O4S/c1-13-17(19(34)30-14-7-5-8-15(11-14)38(4,28)35)20(33-32-18(13)24(25,26)27)37-21-22(36-3)31-16(12-29-21)23(2)9-6-10-23/h5,7-8,11-12,28H,6,9-10H2,1-4H3,(H,30,34). The summed E-state index contributed by atoms with van der Waals surface area (Å²) in [7, 11) is -1.77. The molecule has 1 amide bonds.